The molecule has 7 nitrogen and oxygen atoms in total. The van der Waals surface area contributed by atoms with Crippen molar-refractivity contribution in [2.75, 3.05) is 5.43 Å². The monoisotopic (exact) mass is 246 g/mol. The molecule has 92 valence electrons. The maximum absolute atomic E-state index is 10.8. The van der Waals surface area contributed by atoms with E-state index in [4.69, 9.17) is 10.6 Å². The number of pyridine rings is 1. The van der Waals surface area contributed by atoms with Gasteiger partial charge in [-0.15, -0.1) is 0 Å². The summed E-state index contributed by atoms with van der Waals surface area (Å²) in [5, 5.41) is 10.8. The molecular formula is C11H10N4O3. The SMILES string of the molecule is NNc1cc(Oc2ccccc2[N+](=O)[O-])ccn1. The Morgan fingerprint density at radius 3 is 2.83 bits per heavy atom. The Morgan fingerprint density at radius 1 is 1.33 bits per heavy atom. The molecule has 0 amide bonds. The molecule has 0 bridgehead atoms. The number of benzene rings is 1. The predicted molar refractivity (Wildman–Crippen MR) is 65.2 cm³/mol. The number of nitro benzene ring substituents is 1. The van der Waals surface area contributed by atoms with E-state index in [1.54, 1.807) is 18.2 Å². The average Bonchev–Trinajstić information content (AvgIpc) is 2.39. The lowest BCUT2D eigenvalue weighted by Crippen LogP contribution is -2.08. The predicted octanol–water partition coefficient (Wildman–Crippen LogP) is 2.07. The number of para-hydroxylation sites is 2. The third-order valence-electron chi connectivity index (χ3n) is 2.17. The Hall–Kier alpha value is -2.67. The molecule has 2 rings (SSSR count). The van der Waals surface area contributed by atoms with E-state index in [1.165, 1.54) is 24.4 Å². The van der Waals surface area contributed by atoms with E-state index in [0.29, 0.717) is 11.6 Å². The van der Waals surface area contributed by atoms with Crippen LogP contribution in [0.5, 0.6) is 11.5 Å². The van der Waals surface area contributed by atoms with E-state index >= 15 is 0 Å². The first-order valence-electron chi connectivity index (χ1n) is 5.04. The summed E-state index contributed by atoms with van der Waals surface area (Å²) >= 11 is 0. The van der Waals surface area contributed by atoms with Gasteiger partial charge in [0.2, 0.25) is 5.75 Å². The van der Waals surface area contributed by atoms with Gasteiger partial charge in [-0.2, -0.15) is 0 Å². The molecule has 0 fully saturated rings. The summed E-state index contributed by atoms with van der Waals surface area (Å²) in [4.78, 5) is 14.2. The molecule has 0 aliphatic heterocycles. The van der Waals surface area contributed by atoms with Crippen LogP contribution in [0.4, 0.5) is 11.5 Å². The van der Waals surface area contributed by atoms with Crippen LogP contribution in [0, 0.1) is 10.1 Å². The summed E-state index contributed by atoms with van der Waals surface area (Å²) in [6.45, 7) is 0. The summed E-state index contributed by atoms with van der Waals surface area (Å²) < 4.78 is 5.44. The van der Waals surface area contributed by atoms with Gasteiger partial charge in [-0.1, -0.05) is 12.1 Å². The fraction of sp³-hybridized carbons (Fsp3) is 0. The van der Waals surface area contributed by atoms with Gasteiger partial charge in [0.15, 0.2) is 0 Å². The minimum Gasteiger partial charge on any atom is -0.450 e. The van der Waals surface area contributed by atoms with Crippen molar-refractivity contribution in [3.8, 4) is 11.5 Å². The first-order chi connectivity index (χ1) is 8.70. The quantitative estimate of drug-likeness (QED) is 0.486. The molecule has 0 radical (unpaired) electrons. The third-order valence-corrected chi connectivity index (χ3v) is 2.17. The second-order valence-electron chi connectivity index (χ2n) is 3.35. The van der Waals surface area contributed by atoms with Gasteiger partial charge in [0.1, 0.15) is 11.6 Å². The number of rotatable bonds is 4. The molecule has 0 aliphatic carbocycles. The highest BCUT2D eigenvalue weighted by atomic mass is 16.6. The lowest BCUT2D eigenvalue weighted by atomic mass is 10.3. The van der Waals surface area contributed by atoms with Crippen molar-refractivity contribution in [3.05, 3.63) is 52.7 Å². The van der Waals surface area contributed by atoms with E-state index in [2.05, 4.69) is 10.4 Å². The molecule has 0 aliphatic rings. The van der Waals surface area contributed by atoms with Gasteiger partial charge in [-0.3, -0.25) is 10.1 Å². The third kappa shape index (κ3) is 2.53. The highest BCUT2D eigenvalue weighted by molar-refractivity contribution is 5.49. The standard InChI is InChI=1S/C11H10N4O3/c12-14-11-7-8(5-6-13-11)18-10-4-2-1-3-9(10)15(16)17/h1-7H,12H2,(H,13,14). The van der Waals surface area contributed by atoms with Crippen LogP contribution in [-0.2, 0) is 0 Å². The van der Waals surface area contributed by atoms with Gasteiger partial charge in [0.05, 0.1) is 4.92 Å². The summed E-state index contributed by atoms with van der Waals surface area (Å²) in [7, 11) is 0. The first kappa shape index (κ1) is 11.8. The number of nitrogens with two attached hydrogens (primary N) is 1. The van der Waals surface area contributed by atoms with Gasteiger partial charge in [-0.25, -0.2) is 10.8 Å². The van der Waals surface area contributed by atoms with Crippen LogP contribution in [0.25, 0.3) is 0 Å². The Labute approximate surface area is 102 Å². The van der Waals surface area contributed by atoms with E-state index in [0.717, 1.165) is 0 Å². The van der Waals surface area contributed by atoms with Crippen molar-refractivity contribution in [2.45, 2.75) is 0 Å². The van der Waals surface area contributed by atoms with Crippen LogP contribution in [0.15, 0.2) is 42.6 Å². The largest absolute Gasteiger partial charge is 0.450 e. The number of nitrogens with zero attached hydrogens (tertiary/aromatic N) is 2. The van der Waals surface area contributed by atoms with Crippen LogP contribution in [-0.4, -0.2) is 9.91 Å². The van der Waals surface area contributed by atoms with Crippen molar-refractivity contribution in [3.63, 3.8) is 0 Å². The zero-order valence-corrected chi connectivity index (χ0v) is 9.24. The molecule has 2 aromatic rings. The van der Waals surface area contributed by atoms with Crippen molar-refractivity contribution >= 4 is 11.5 Å². The van der Waals surface area contributed by atoms with Crippen molar-refractivity contribution in [2.24, 2.45) is 5.84 Å². The number of nitrogens with one attached hydrogen (secondary N) is 1. The molecule has 0 saturated carbocycles. The van der Waals surface area contributed by atoms with Crippen LogP contribution in [0.1, 0.15) is 0 Å². The molecule has 1 heterocycles. The number of ether oxygens (including phenoxy) is 1. The molecule has 1 aromatic heterocycles. The lowest BCUT2D eigenvalue weighted by Gasteiger charge is -2.06. The molecule has 3 N–H and O–H groups in total. The molecule has 0 unspecified atom stereocenters. The highest BCUT2D eigenvalue weighted by Crippen LogP contribution is 2.31. The van der Waals surface area contributed by atoms with Crippen molar-refractivity contribution in [1.29, 1.82) is 0 Å². The van der Waals surface area contributed by atoms with E-state index < -0.39 is 4.92 Å². The van der Waals surface area contributed by atoms with Crippen LogP contribution in [0.2, 0.25) is 0 Å². The number of aromatic nitrogens is 1. The highest BCUT2D eigenvalue weighted by Gasteiger charge is 2.14. The Morgan fingerprint density at radius 2 is 2.11 bits per heavy atom. The summed E-state index contributed by atoms with van der Waals surface area (Å²) in [5.74, 6) is 6.20. The van der Waals surface area contributed by atoms with Gasteiger partial charge in [0.25, 0.3) is 0 Å². The second-order valence-corrected chi connectivity index (χ2v) is 3.35. The number of hydrogen-bond donors (Lipinski definition) is 2. The van der Waals surface area contributed by atoms with E-state index in [-0.39, 0.29) is 11.4 Å². The number of anilines is 1. The van der Waals surface area contributed by atoms with Gasteiger partial charge in [0, 0.05) is 18.3 Å². The van der Waals surface area contributed by atoms with Crippen LogP contribution >= 0.6 is 0 Å². The number of hydrazine groups is 1. The van der Waals surface area contributed by atoms with Gasteiger partial charge < -0.3 is 10.2 Å². The summed E-state index contributed by atoms with van der Waals surface area (Å²) in [6, 6.07) is 9.25. The first-order valence-corrected chi connectivity index (χ1v) is 5.04. The molecule has 7 heteroatoms. The van der Waals surface area contributed by atoms with Crippen LogP contribution < -0.4 is 16.0 Å². The van der Waals surface area contributed by atoms with E-state index in [1.807, 2.05) is 0 Å². The Balaban J connectivity index is 2.31. The topological polar surface area (TPSA) is 103 Å². The number of hydrogen-bond acceptors (Lipinski definition) is 6. The molecular weight excluding hydrogens is 236 g/mol. The normalized spacial score (nSPS) is 9.83. The minimum absolute atomic E-state index is 0.100. The second kappa shape index (κ2) is 5.11. The average molecular weight is 246 g/mol. The Kier molecular flexibility index (Phi) is 3.35. The van der Waals surface area contributed by atoms with Gasteiger partial charge >= 0.3 is 5.69 Å². The molecule has 0 spiro atoms. The number of nitro groups is 1. The summed E-state index contributed by atoms with van der Waals surface area (Å²) in [5.41, 5.74) is 2.27. The van der Waals surface area contributed by atoms with Crippen LogP contribution in [0.3, 0.4) is 0 Å². The van der Waals surface area contributed by atoms with Crippen molar-refractivity contribution in [1.82, 2.24) is 4.98 Å². The minimum atomic E-state index is -0.501. The number of nitrogen functional groups attached to an aromatic ring is 1. The van der Waals surface area contributed by atoms with Gasteiger partial charge in [-0.05, 0) is 12.1 Å². The molecule has 18 heavy (non-hydrogen) atoms. The van der Waals surface area contributed by atoms with Crippen molar-refractivity contribution < 1.29 is 9.66 Å². The Bertz CT molecular complexity index is 574. The zero-order chi connectivity index (χ0) is 13.0. The maximum atomic E-state index is 10.8. The van der Waals surface area contributed by atoms with E-state index in [9.17, 15) is 10.1 Å². The fourth-order valence-electron chi connectivity index (χ4n) is 1.37. The fourth-order valence-corrected chi connectivity index (χ4v) is 1.37. The summed E-state index contributed by atoms with van der Waals surface area (Å²) in [6.07, 6.45) is 1.49. The maximum Gasteiger partial charge on any atom is 0.311 e. The molecule has 0 atom stereocenters. The zero-order valence-electron chi connectivity index (χ0n) is 9.24. The molecule has 0 saturated heterocycles. The lowest BCUT2D eigenvalue weighted by molar-refractivity contribution is -0.385. The molecule has 1 aromatic carbocycles. The smallest absolute Gasteiger partial charge is 0.311 e.